The van der Waals surface area contributed by atoms with Crippen LogP contribution in [0.1, 0.15) is 31.2 Å². The zero-order chi connectivity index (χ0) is 19.6. The van der Waals surface area contributed by atoms with E-state index in [9.17, 15) is 9.59 Å². The number of carbonyl (C=O) groups is 2. The molecular weight excluding hydrogens is 372 g/mol. The molecule has 0 aromatic heterocycles. The molecule has 0 saturated heterocycles. The van der Waals surface area contributed by atoms with Crippen LogP contribution in [-0.4, -0.2) is 29.9 Å². The van der Waals surface area contributed by atoms with E-state index in [1.165, 1.54) is 26.0 Å². The van der Waals surface area contributed by atoms with Crippen molar-refractivity contribution in [1.82, 2.24) is 5.01 Å². The molecule has 0 bridgehead atoms. The van der Waals surface area contributed by atoms with Crippen LogP contribution in [0, 0.1) is 0 Å². The molecule has 1 aliphatic rings. The molecule has 27 heavy (non-hydrogen) atoms. The van der Waals surface area contributed by atoms with Crippen molar-refractivity contribution in [3.8, 4) is 11.5 Å². The van der Waals surface area contributed by atoms with E-state index in [-0.39, 0.29) is 17.6 Å². The van der Waals surface area contributed by atoms with Crippen molar-refractivity contribution in [2.24, 2.45) is 5.10 Å². The number of benzene rings is 2. The van der Waals surface area contributed by atoms with Gasteiger partial charge in [-0.1, -0.05) is 17.7 Å². The molecule has 1 aliphatic heterocycles. The van der Waals surface area contributed by atoms with Crippen LogP contribution in [0.4, 0.5) is 0 Å². The van der Waals surface area contributed by atoms with Crippen LogP contribution in [0.5, 0.6) is 11.5 Å². The highest BCUT2D eigenvalue weighted by Gasteiger charge is 2.33. The minimum Gasteiger partial charge on any atom is -0.493 e. The summed E-state index contributed by atoms with van der Waals surface area (Å²) in [6, 6.07) is 11.9. The fraction of sp³-hybridized carbons (Fsp3) is 0.211. The number of nitrogens with zero attached hydrogens (tertiary/aromatic N) is 2. The van der Waals surface area contributed by atoms with E-state index in [0.717, 1.165) is 0 Å². The Balaban J connectivity index is 1.96. The van der Waals surface area contributed by atoms with Crippen LogP contribution in [0.15, 0.2) is 47.6 Å². The predicted molar refractivity (Wildman–Crippen MR) is 98.6 cm³/mol. The Bertz CT molecular complexity index is 928. The number of rotatable bonds is 4. The molecule has 3 rings (SSSR count). The molecule has 0 aliphatic carbocycles. The van der Waals surface area contributed by atoms with Gasteiger partial charge in [-0.2, -0.15) is 5.01 Å². The highest BCUT2D eigenvalue weighted by molar-refractivity contribution is 6.31. The number of esters is 1. The van der Waals surface area contributed by atoms with E-state index in [0.29, 0.717) is 21.9 Å². The highest BCUT2D eigenvalue weighted by atomic mass is 35.5. The maximum Gasteiger partial charge on any atom is 0.308 e. The summed E-state index contributed by atoms with van der Waals surface area (Å²) in [5, 5.41) is 6.01. The number of carbonyl (C=O) groups excluding carboxylic acids is 2. The third kappa shape index (κ3) is 4.03. The summed E-state index contributed by atoms with van der Waals surface area (Å²) >= 11 is 6.02. The molecule has 1 amide bonds. The summed E-state index contributed by atoms with van der Waals surface area (Å²) in [6.07, 6.45) is -0.809. The van der Waals surface area contributed by atoms with Crippen LogP contribution in [0.2, 0.25) is 5.02 Å². The van der Waals surface area contributed by atoms with Gasteiger partial charge in [0.25, 0.3) is 0 Å². The van der Waals surface area contributed by atoms with Crippen molar-refractivity contribution in [1.29, 1.82) is 0 Å². The lowest BCUT2D eigenvalue weighted by atomic mass is 10.1. The molecule has 0 N–H and O–H groups in total. The number of methoxy groups -OCH3 is 1. The van der Waals surface area contributed by atoms with E-state index >= 15 is 0 Å². The monoisotopic (exact) mass is 388 g/mol. The Morgan fingerprint density at radius 2 is 1.93 bits per heavy atom. The molecule has 8 heteroatoms. The molecule has 1 atom stereocenters. The van der Waals surface area contributed by atoms with Gasteiger partial charge in [0.2, 0.25) is 18.0 Å². The van der Waals surface area contributed by atoms with Gasteiger partial charge in [-0.15, -0.1) is 5.10 Å². The molecule has 7 nitrogen and oxygen atoms in total. The lowest BCUT2D eigenvalue weighted by Crippen LogP contribution is -2.25. The number of halogens is 1. The largest absolute Gasteiger partial charge is 0.493 e. The minimum absolute atomic E-state index is 0.228. The van der Waals surface area contributed by atoms with Gasteiger partial charge in [0, 0.05) is 30.0 Å². The molecule has 0 fully saturated rings. The van der Waals surface area contributed by atoms with Crippen molar-refractivity contribution < 1.29 is 23.8 Å². The van der Waals surface area contributed by atoms with Gasteiger partial charge in [-0.3, -0.25) is 9.59 Å². The number of amides is 1. The Labute approximate surface area is 161 Å². The second kappa shape index (κ2) is 7.67. The molecule has 0 radical (unpaired) electrons. The van der Waals surface area contributed by atoms with Gasteiger partial charge < -0.3 is 14.2 Å². The highest BCUT2D eigenvalue weighted by Crippen LogP contribution is 2.36. The third-order valence-corrected chi connectivity index (χ3v) is 4.00. The zero-order valence-electron chi connectivity index (χ0n) is 14.9. The van der Waals surface area contributed by atoms with E-state index in [1.54, 1.807) is 42.5 Å². The van der Waals surface area contributed by atoms with Gasteiger partial charge in [0.15, 0.2) is 11.5 Å². The van der Waals surface area contributed by atoms with Crippen molar-refractivity contribution in [3.63, 3.8) is 0 Å². The summed E-state index contributed by atoms with van der Waals surface area (Å²) in [5.41, 5.74) is 1.22. The maximum absolute atomic E-state index is 12.1. The van der Waals surface area contributed by atoms with Crippen molar-refractivity contribution in [3.05, 3.63) is 58.6 Å². The van der Waals surface area contributed by atoms with Gasteiger partial charge in [0.05, 0.1) is 7.11 Å². The second-order valence-corrected chi connectivity index (χ2v) is 6.19. The summed E-state index contributed by atoms with van der Waals surface area (Å²) in [6.45, 7) is 2.68. The van der Waals surface area contributed by atoms with Crippen molar-refractivity contribution in [2.75, 3.05) is 7.11 Å². The molecular formula is C19H17ClN2O5. The normalized spacial score (nSPS) is 15.8. The van der Waals surface area contributed by atoms with Crippen LogP contribution in [0.3, 0.4) is 0 Å². The van der Waals surface area contributed by atoms with Gasteiger partial charge in [-0.05, 0) is 36.4 Å². The van der Waals surface area contributed by atoms with E-state index < -0.39 is 12.2 Å². The first-order valence-corrected chi connectivity index (χ1v) is 8.44. The Kier molecular flexibility index (Phi) is 5.32. The minimum atomic E-state index is -0.809. The molecule has 0 saturated carbocycles. The van der Waals surface area contributed by atoms with Crippen LogP contribution < -0.4 is 9.47 Å². The average molecular weight is 389 g/mol. The first-order valence-electron chi connectivity index (χ1n) is 8.06. The number of hydrazone groups is 1. The van der Waals surface area contributed by atoms with Crippen LogP contribution >= 0.6 is 11.6 Å². The summed E-state index contributed by atoms with van der Waals surface area (Å²) in [5.74, 6) is 0.0876. The Morgan fingerprint density at radius 1 is 1.15 bits per heavy atom. The molecule has 0 spiro atoms. The van der Waals surface area contributed by atoms with E-state index in [2.05, 4.69) is 5.10 Å². The first kappa shape index (κ1) is 18.7. The molecule has 1 heterocycles. The second-order valence-electron chi connectivity index (χ2n) is 5.75. The summed E-state index contributed by atoms with van der Waals surface area (Å²) in [4.78, 5) is 23.4. The summed E-state index contributed by atoms with van der Waals surface area (Å²) in [7, 11) is 1.47. The summed E-state index contributed by atoms with van der Waals surface area (Å²) < 4.78 is 16.3. The fourth-order valence-corrected chi connectivity index (χ4v) is 2.79. The molecule has 140 valence electrons. The molecule has 1 unspecified atom stereocenters. The lowest BCUT2D eigenvalue weighted by molar-refractivity contribution is -0.135. The van der Waals surface area contributed by atoms with E-state index in [1.807, 2.05) is 0 Å². The number of hydrogen-bond acceptors (Lipinski definition) is 6. The Morgan fingerprint density at radius 3 is 2.56 bits per heavy atom. The third-order valence-electron chi connectivity index (χ3n) is 3.76. The zero-order valence-corrected chi connectivity index (χ0v) is 15.7. The Hall–Kier alpha value is -3.06. The van der Waals surface area contributed by atoms with Gasteiger partial charge in [0.1, 0.15) is 0 Å². The molecule has 2 aromatic carbocycles. The maximum atomic E-state index is 12.1. The van der Waals surface area contributed by atoms with Crippen LogP contribution in [0.25, 0.3) is 0 Å². The van der Waals surface area contributed by atoms with Crippen LogP contribution in [-0.2, 0) is 14.3 Å². The van der Waals surface area contributed by atoms with Gasteiger partial charge >= 0.3 is 5.97 Å². The SMILES string of the molecule is COc1ccc(C2OC(c3cccc(Cl)c3)=NN2C(C)=O)cc1OC(C)=O. The molecule has 2 aromatic rings. The smallest absolute Gasteiger partial charge is 0.308 e. The quantitative estimate of drug-likeness (QED) is 0.591. The fourth-order valence-electron chi connectivity index (χ4n) is 2.60. The standard InChI is InChI=1S/C19H17ClN2O5/c1-11(23)22-19(27-18(21-22)13-5-4-6-15(20)9-13)14-7-8-16(25-3)17(10-14)26-12(2)24/h4-10,19H,1-3H3. The number of hydrogen-bond donors (Lipinski definition) is 0. The number of ether oxygens (including phenoxy) is 3. The van der Waals surface area contributed by atoms with E-state index in [4.69, 9.17) is 25.8 Å². The van der Waals surface area contributed by atoms with Gasteiger partial charge in [-0.25, -0.2) is 0 Å². The van der Waals surface area contributed by atoms with Crippen molar-refractivity contribution >= 4 is 29.4 Å². The predicted octanol–water partition coefficient (Wildman–Crippen LogP) is 3.51. The average Bonchev–Trinajstić information content (AvgIpc) is 3.07. The lowest BCUT2D eigenvalue weighted by Gasteiger charge is -2.20. The topological polar surface area (TPSA) is 77.4 Å². The van der Waals surface area contributed by atoms with Crippen molar-refractivity contribution in [2.45, 2.75) is 20.1 Å². The first-order chi connectivity index (χ1) is 12.9.